The summed E-state index contributed by atoms with van der Waals surface area (Å²) in [5, 5.41) is 17.0. The van der Waals surface area contributed by atoms with Gasteiger partial charge in [0.1, 0.15) is 30.2 Å². The molecule has 0 fully saturated rings. The minimum atomic E-state index is -5.52. The second kappa shape index (κ2) is 21.3. The molecule has 0 aliphatic heterocycles. The molecule has 0 aliphatic carbocycles. The first-order chi connectivity index (χ1) is 25.4. The van der Waals surface area contributed by atoms with Gasteiger partial charge in [-0.1, -0.05) is 30.3 Å². The van der Waals surface area contributed by atoms with E-state index in [1.165, 1.54) is 24.3 Å². The van der Waals surface area contributed by atoms with E-state index in [1.54, 1.807) is 16.7 Å². The molecule has 56 heavy (non-hydrogen) atoms. The number of phosphoric ester groups is 4. The van der Waals surface area contributed by atoms with Crippen molar-refractivity contribution < 1.29 is 109 Å². The maximum absolute atomic E-state index is 13.7. The number of amides is 4. The molecule has 0 unspecified atom stereocenters. The molecule has 0 saturated carbocycles. The van der Waals surface area contributed by atoms with Crippen LogP contribution in [0.25, 0.3) is 0 Å². The highest BCUT2D eigenvalue weighted by Gasteiger charge is 2.39. The normalized spacial score (nSPS) is 16.1. The zero-order chi connectivity index (χ0) is 43.4. The number of hydrogen-bond acceptors (Lipinski definition) is 15. The Bertz CT molecular complexity index is 1760. The number of carbonyl (C=O) groups is 6. The third-order valence-electron chi connectivity index (χ3n) is 6.63. The summed E-state index contributed by atoms with van der Waals surface area (Å²) in [6.07, 6.45) is -5.60. The first-order valence-corrected chi connectivity index (χ1v) is 21.2. The predicted octanol–water partition coefficient (Wildman–Crippen LogP) is -4.29. The minimum absolute atomic E-state index is 0.338. The average molecular weight is 889 g/mol. The SMILES string of the molecule is C[C@@H](OP(=O)(O)O)[C@H](N)C(=O)N[C@@H](Cc1ccccc1)C(=O)N[C@H](C(=O)N[C@@H](COP(=O)(O)O)C(=O)N[C@@H](CC(=O)OP(=O)(O)O)C(=O)O)[C@@H](C)OP(=O)(O)O. The van der Waals surface area contributed by atoms with Crippen molar-refractivity contribution >= 4 is 66.9 Å². The smallest absolute Gasteiger partial charge is 0.480 e. The maximum atomic E-state index is 13.7. The molecule has 1 rings (SSSR count). The summed E-state index contributed by atoms with van der Waals surface area (Å²) in [7, 11) is -21.7. The fourth-order valence-electron chi connectivity index (χ4n) is 4.17. The number of carboxylic acid groups (broad SMARTS) is 1. The number of hydrogen-bond donors (Lipinski definition) is 14. The second-order valence-corrected chi connectivity index (χ2v) is 16.1. The van der Waals surface area contributed by atoms with Crippen molar-refractivity contribution in [3.8, 4) is 0 Å². The highest BCUT2D eigenvalue weighted by Crippen LogP contribution is 2.39. The van der Waals surface area contributed by atoms with Crippen LogP contribution in [0.15, 0.2) is 30.3 Å². The molecule has 0 bridgehead atoms. The van der Waals surface area contributed by atoms with Gasteiger partial charge in [0.25, 0.3) is 0 Å². The zero-order valence-electron chi connectivity index (χ0n) is 28.7. The van der Waals surface area contributed by atoms with E-state index in [9.17, 15) is 61.9 Å². The van der Waals surface area contributed by atoms with E-state index in [0.29, 0.717) is 5.56 Å². The summed E-state index contributed by atoms with van der Waals surface area (Å²) in [4.78, 5) is 150. The molecule has 28 nitrogen and oxygen atoms in total. The first kappa shape index (κ1) is 50.5. The molecule has 4 amide bonds. The molecule has 0 aromatic heterocycles. The maximum Gasteiger partial charge on any atom is 0.526 e. The van der Waals surface area contributed by atoms with Crippen molar-refractivity contribution in [2.24, 2.45) is 5.73 Å². The molecule has 318 valence electrons. The van der Waals surface area contributed by atoms with Crippen molar-refractivity contribution in [2.45, 2.75) is 69.1 Å². The van der Waals surface area contributed by atoms with Gasteiger partial charge in [-0.3, -0.25) is 47.3 Å². The molecule has 0 radical (unpaired) electrons. The van der Waals surface area contributed by atoms with E-state index >= 15 is 0 Å². The lowest BCUT2D eigenvalue weighted by molar-refractivity contribution is -0.147. The van der Waals surface area contributed by atoms with Crippen LogP contribution in [-0.4, -0.2) is 129 Å². The van der Waals surface area contributed by atoms with Gasteiger partial charge in [-0.2, -0.15) is 0 Å². The Morgan fingerprint density at radius 3 is 1.61 bits per heavy atom. The number of benzene rings is 1. The number of nitrogens with one attached hydrogen (secondary N) is 4. The van der Waals surface area contributed by atoms with Crippen LogP contribution in [-0.2, 0) is 71.5 Å². The quantitative estimate of drug-likeness (QED) is 0.0462. The topological polar surface area (TPSA) is 464 Å². The van der Waals surface area contributed by atoms with Crippen molar-refractivity contribution in [3.05, 3.63) is 35.9 Å². The summed E-state index contributed by atoms with van der Waals surface area (Å²) in [6, 6.07) is -3.17. The number of carboxylic acids is 1. The highest BCUT2D eigenvalue weighted by atomic mass is 31.2. The summed E-state index contributed by atoms with van der Waals surface area (Å²) in [5.41, 5.74) is 6.08. The molecule has 1 aromatic carbocycles. The number of aliphatic carboxylic acids is 1. The fraction of sp³-hybridized carbons (Fsp3) is 0.500. The Balaban J connectivity index is 3.55. The van der Waals surface area contributed by atoms with E-state index < -0.39 is 129 Å². The van der Waals surface area contributed by atoms with Crippen LogP contribution in [0.2, 0.25) is 0 Å². The van der Waals surface area contributed by atoms with Crippen molar-refractivity contribution in [2.75, 3.05) is 6.61 Å². The number of nitrogens with two attached hydrogens (primary N) is 1. The van der Waals surface area contributed by atoms with E-state index in [4.69, 9.17) is 35.1 Å². The van der Waals surface area contributed by atoms with Crippen LogP contribution in [0, 0.1) is 0 Å². The summed E-state index contributed by atoms with van der Waals surface area (Å²) in [6.45, 7) is 0.307. The second-order valence-electron chi connectivity index (χ2n) is 11.3. The first-order valence-electron chi connectivity index (χ1n) is 15.1. The van der Waals surface area contributed by atoms with Gasteiger partial charge in [0, 0.05) is 6.42 Å². The summed E-state index contributed by atoms with van der Waals surface area (Å²) >= 11 is 0. The van der Waals surface area contributed by atoms with Crippen LogP contribution >= 0.6 is 31.3 Å². The molecule has 32 heteroatoms. The van der Waals surface area contributed by atoms with Crippen molar-refractivity contribution in [1.82, 2.24) is 21.3 Å². The van der Waals surface area contributed by atoms with Crippen LogP contribution in [0.5, 0.6) is 0 Å². The molecular formula is C24H39N5O23P4. The van der Waals surface area contributed by atoms with E-state index in [-0.39, 0.29) is 0 Å². The van der Waals surface area contributed by atoms with Gasteiger partial charge in [-0.15, -0.1) is 0 Å². The van der Waals surface area contributed by atoms with Gasteiger partial charge in [0.15, 0.2) is 0 Å². The Labute approximate surface area is 314 Å². The summed E-state index contributed by atoms with van der Waals surface area (Å²) < 4.78 is 62.1. The van der Waals surface area contributed by atoms with E-state index in [0.717, 1.165) is 13.8 Å². The molecular weight excluding hydrogens is 850 g/mol. The number of carbonyl (C=O) groups excluding carboxylic acids is 5. The van der Waals surface area contributed by atoms with E-state index in [2.05, 4.69) is 23.4 Å². The van der Waals surface area contributed by atoms with Gasteiger partial charge in [0.2, 0.25) is 23.6 Å². The predicted molar refractivity (Wildman–Crippen MR) is 179 cm³/mol. The van der Waals surface area contributed by atoms with Gasteiger partial charge in [-0.25, -0.2) is 23.1 Å². The van der Waals surface area contributed by atoms with Crippen molar-refractivity contribution in [1.29, 1.82) is 0 Å². The molecule has 1 aromatic rings. The Morgan fingerprint density at radius 2 is 1.12 bits per heavy atom. The Morgan fingerprint density at radius 1 is 0.643 bits per heavy atom. The standard InChI is InChI=1S/C24H39N5O23P4/c1-11(50-54(40,41)42)18(25)22(33)26-14(8-13-6-4-3-5-7-13)20(31)29-19(12(2)51-55(43,44)45)23(34)28-16(10-49-53(37,38)39)21(32)27-15(24(35)36)9-17(30)52-56(46,47)48/h3-7,11-12,14-16,18-19H,8-10,25H2,1-2H3,(H,26,33)(H,27,32)(H,28,34)(H,29,31)(H,35,36)(H2,37,38,39)(H2,40,41,42)(H2,43,44,45)(H2,46,47,48)/t11-,12-,14+,15+,16+,18+,19+/m1/s1. The molecule has 0 saturated heterocycles. The van der Waals surface area contributed by atoms with Crippen molar-refractivity contribution in [3.63, 3.8) is 0 Å². The number of phosphoric acid groups is 4. The average Bonchev–Trinajstić information content (AvgIpc) is 3.01. The van der Waals surface area contributed by atoms with Crippen LogP contribution in [0.3, 0.4) is 0 Å². The lowest BCUT2D eigenvalue weighted by Crippen LogP contribution is -2.62. The third-order valence-corrected chi connectivity index (χ3v) is 8.77. The monoisotopic (exact) mass is 889 g/mol. The summed E-state index contributed by atoms with van der Waals surface area (Å²) in [5.74, 6) is -9.86. The Hall–Kier alpha value is -3.52. The van der Waals surface area contributed by atoms with Gasteiger partial charge in [0.05, 0.1) is 25.2 Å². The van der Waals surface area contributed by atoms with Gasteiger partial charge in [-0.05, 0) is 19.4 Å². The molecule has 0 spiro atoms. The largest absolute Gasteiger partial charge is 0.526 e. The van der Waals surface area contributed by atoms with Crippen LogP contribution < -0.4 is 27.0 Å². The molecule has 0 heterocycles. The highest BCUT2D eigenvalue weighted by molar-refractivity contribution is 7.47. The fourth-order valence-corrected chi connectivity index (χ4v) is 5.98. The van der Waals surface area contributed by atoms with Gasteiger partial charge >= 0.3 is 43.2 Å². The zero-order valence-corrected chi connectivity index (χ0v) is 32.2. The third kappa shape index (κ3) is 20.6. The van der Waals surface area contributed by atoms with E-state index in [1.807, 2.05) is 5.32 Å². The molecule has 0 aliphatic rings. The van der Waals surface area contributed by atoms with Crippen LogP contribution in [0.1, 0.15) is 25.8 Å². The van der Waals surface area contributed by atoms with Crippen LogP contribution in [0.4, 0.5) is 0 Å². The Kier molecular flexibility index (Phi) is 19.2. The lowest BCUT2D eigenvalue weighted by atomic mass is 10.0. The minimum Gasteiger partial charge on any atom is -0.480 e. The van der Waals surface area contributed by atoms with Gasteiger partial charge < -0.3 is 66.0 Å². The lowest BCUT2D eigenvalue weighted by Gasteiger charge is -2.29. The molecule has 7 atom stereocenters. The molecule has 15 N–H and O–H groups in total. The number of rotatable bonds is 23.